The van der Waals surface area contributed by atoms with E-state index in [1.165, 1.54) is 25.7 Å². The van der Waals surface area contributed by atoms with E-state index in [1.807, 2.05) is 19.9 Å². The molecule has 5 heteroatoms. The van der Waals surface area contributed by atoms with Crippen LogP contribution in [0, 0.1) is 13.8 Å². The number of esters is 1. The zero-order valence-electron chi connectivity index (χ0n) is 18.3. The van der Waals surface area contributed by atoms with Gasteiger partial charge in [-0.15, -0.1) is 0 Å². The Morgan fingerprint density at radius 1 is 1.07 bits per heavy atom. The Hall–Kier alpha value is -1.88. The van der Waals surface area contributed by atoms with Gasteiger partial charge in [0.25, 0.3) is 5.91 Å². The molecule has 1 fully saturated rings. The fourth-order valence-electron chi connectivity index (χ4n) is 4.70. The molecule has 0 spiro atoms. The average molecular weight is 390 g/mol. The maximum atomic E-state index is 13.4. The molecule has 5 nitrogen and oxygen atoms in total. The first-order valence-corrected chi connectivity index (χ1v) is 10.8. The van der Waals surface area contributed by atoms with Gasteiger partial charge in [-0.3, -0.25) is 4.79 Å². The minimum absolute atomic E-state index is 0.0174. The molecule has 0 radical (unpaired) electrons. The first-order valence-electron chi connectivity index (χ1n) is 10.8. The summed E-state index contributed by atoms with van der Waals surface area (Å²) in [7, 11) is 0. The molecular formula is C23H37N2O3+. The van der Waals surface area contributed by atoms with Crippen LogP contribution in [0.1, 0.15) is 74.4 Å². The largest absolute Gasteiger partial charge is 0.462 e. The van der Waals surface area contributed by atoms with E-state index in [0.29, 0.717) is 17.9 Å². The Labute approximate surface area is 170 Å². The fourth-order valence-corrected chi connectivity index (χ4v) is 4.70. The van der Waals surface area contributed by atoms with Crippen LogP contribution in [0.4, 0.5) is 5.69 Å². The number of carbonyl (C=O) groups excluding carboxylic acids is 2. The van der Waals surface area contributed by atoms with E-state index in [-0.39, 0.29) is 17.9 Å². The summed E-state index contributed by atoms with van der Waals surface area (Å²) in [5.41, 5.74) is 2.92. The van der Waals surface area contributed by atoms with Crippen molar-refractivity contribution in [1.29, 1.82) is 0 Å². The zero-order chi connectivity index (χ0) is 20.7. The van der Waals surface area contributed by atoms with E-state index in [9.17, 15) is 9.59 Å². The molecule has 1 amide bonds. The van der Waals surface area contributed by atoms with Gasteiger partial charge in [-0.1, -0.05) is 13.0 Å². The van der Waals surface area contributed by atoms with Crippen molar-refractivity contribution < 1.29 is 18.8 Å². The molecule has 0 bridgehead atoms. The molecule has 1 heterocycles. The molecule has 0 aliphatic carbocycles. The number of quaternary nitrogens is 1. The number of amides is 1. The minimum atomic E-state index is -0.383. The van der Waals surface area contributed by atoms with Crippen molar-refractivity contribution in [3.63, 3.8) is 0 Å². The predicted molar refractivity (Wildman–Crippen MR) is 114 cm³/mol. The number of ether oxygens (including phenoxy) is 1. The number of likely N-dealkylation sites (N-methyl/N-ethyl adjacent to an activating group) is 1. The lowest BCUT2D eigenvalue weighted by atomic mass is 10.0. The molecule has 1 aliphatic heterocycles. The van der Waals surface area contributed by atoms with E-state index in [2.05, 4.69) is 19.2 Å². The standard InChI is InChI=1S/C23H36N2O3/c1-6-20(25(7-2)13-11-9-10-12-14-25)22(26)24-21-18(5)15-17(4)16-19(21)23(27)28-8-3/h15-16,20H,6-14H2,1-5H3/p+1. The lowest BCUT2D eigenvalue weighted by molar-refractivity contribution is -0.940. The third-order valence-electron chi connectivity index (χ3n) is 6.16. The number of rotatable bonds is 7. The van der Waals surface area contributed by atoms with E-state index >= 15 is 0 Å². The summed E-state index contributed by atoms with van der Waals surface area (Å²) in [6.07, 6.45) is 5.65. The molecule has 1 unspecified atom stereocenters. The van der Waals surface area contributed by atoms with Crippen LogP contribution in [-0.2, 0) is 9.53 Å². The van der Waals surface area contributed by atoms with E-state index in [4.69, 9.17) is 4.74 Å². The number of hydrogen-bond donors (Lipinski definition) is 1. The fraction of sp³-hybridized carbons (Fsp3) is 0.652. The predicted octanol–water partition coefficient (Wildman–Crippen LogP) is 4.61. The number of anilines is 1. The molecule has 1 saturated heterocycles. The molecule has 1 N–H and O–H groups in total. The molecule has 1 aliphatic rings. The van der Waals surface area contributed by atoms with Crippen LogP contribution in [0.5, 0.6) is 0 Å². The minimum Gasteiger partial charge on any atom is -0.462 e. The second kappa shape index (κ2) is 10.1. The Balaban J connectivity index is 2.35. The number of likely N-dealkylation sites (tertiary alicyclic amines) is 1. The highest BCUT2D eigenvalue weighted by atomic mass is 16.5. The summed E-state index contributed by atoms with van der Waals surface area (Å²) in [5, 5.41) is 3.12. The highest BCUT2D eigenvalue weighted by Gasteiger charge is 2.40. The Morgan fingerprint density at radius 2 is 1.71 bits per heavy atom. The molecule has 156 valence electrons. The van der Waals surface area contributed by atoms with Crippen LogP contribution in [0.2, 0.25) is 0 Å². The summed E-state index contributed by atoms with van der Waals surface area (Å²) in [5.74, 6) is -0.365. The SMILES string of the molecule is CCOC(=O)c1cc(C)cc(C)c1NC(=O)C(CC)[N+]1(CC)CCCCCC1. The smallest absolute Gasteiger partial charge is 0.340 e. The van der Waals surface area contributed by atoms with Crippen LogP contribution in [0.15, 0.2) is 12.1 Å². The zero-order valence-corrected chi connectivity index (χ0v) is 18.3. The summed E-state index contributed by atoms with van der Waals surface area (Å²) < 4.78 is 6.08. The number of aryl methyl sites for hydroxylation is 2. The van der Waals surface area contributed by atoms with Gasteiger partial charge in [0.05, 0.1) is 37.5 Å². The number of hydrogen-bond acceptors (Lipinski definition) is 3. The van der Waals surface area contributed by atoms with E-state index in [1.54, 1.807) is 13.0 Å². The van der Waals surface area contributed by atoms with Gasteiger partial charge in [0.2, 0.25) is 0 Å². The molecule has 1 aromatic carbocycles. The average Bonchev–Trinajstić information content (AvgIpc) is 2.91. The van der Waals surface area contributed by atoms with Crippen molar-refractivity contribution in [2.75, 3.05) is 31.6 Å². The van der Waals surface area contributed by atoms with Gasteiger partial charge in [-0.25, -0.2) is 4.79 Å². The third-order valence-corrected chi connectivity index (χ3v) is 6.16. The summed E-state index contributed by atoms with van der Waals surface area (Å²) in [6.45, 7) is 13.4. The van der Waals surface area contributed by atoms with E-state index in [0.717, 1.165) is 41.7 Å². The highest BCUT2D eigenvalue weighted by Crippen LogP contribution is 2.28. The molecule has 1 aromatic rings. The topological polar surface area (TPSA) is 55.4 Å². The Bertz CT molecular complexity index is 691. The normalized spacial score (nSPS) is 17.5. The summed E-state index contributed by atoms with van der Waals surface area (Å²) >= 11 is 0. The molecule has 2 rings (SSSR count). The maximum Gasteiger partial charge on any atom is 0.340 e. The van der Waals surface area contributed by atoms with Gasteiger partial charge < -0.3 is 14.5 Å². The van der Waals surface area contributed by atoms with Gasteiger partial charge in [0, 0.05) is 6.42 Å². The van der Waals surface area contributed by atoms with Crippen molar-refractivity contribution in [1.82, 2.24) is 0 Å². The maximum absolute atomic E-state index is 13.4. The van der Waals surface area contributed by atoms with Crippen molar-refractivity contribution >= 4 is 17.6 Å². The van der Waals surface area contributed by atoms with Crippen LogP contribution >= 0.6 is 0 Å². The molecule has 28 heavy (non-hydrogen) atoms. The quantitative estimate of drug-likeness (QED) is 0.547. The van der Waals surface area contributed by atoms with Crippen molar-refractivity contribution in [3.05, 3.63) is 28.8 Å². The van der Waals surface area contributed by atoms with E-state index < -0.39 is 0 Å². The highest BCUT2D eigenvalue weighted by molar-refractivity contribution is 6.03. The monoisotopic (exact) mass is 389 g/mol. The van der Waals surface area contributed by atoms with Crippen LogP contribution in [-0.4, -0.2) is 48.6 Å². The Kier molecular flexibility index (Phi) is 8.05. The van der Waals surface area contributed by atoms with Crippen molar-refractivity contribution in [2.24, 2.45) is 0 Å². The molecule has 0 saturated carbocycles. The number of carbonyl (C=O) groups is 2. The molecule has 1 atom stereocenters. The second-order valence-electron chi connectivity index (χ2n) is 8.03. The third kappa shape index (κ3) is 4.93. The van der Waals surface area contributed by atoms with Crippen molar-refractivity contribution in [3.8, 4) is 0 Å². The van der Waals surface area contributed by atoms with Gasteiger partial charge in [-0.2, -0.15) is 0 Å². The number of nitrogens with one attached hydrogen (secondary N) is 1. The lowest BCUT2D eigenvalue weighted by Gasteiger charge is -2.42. The number of nitrogens with zero attached hydrogens (tertiary/aromatic N) is 1. The van der Waals surface area contributed by atoms with Gasteiger partial charge in [0.15, 0.2) is 6.04 Å². The molecular weight excluding hydrogens is 352 g/mol. The van der Waals surface area contributed by atoms with Crippen LogP contribution < -0.4 is 5.32 Å². The van der Waals surface area contributed by atoms with Gasteiger partial charge >= 0.3 is 5.97 Å². The van der Waals surface area contributed by atoms with Crippen LogP contribution in [0.25, 0.3) is 0 Å². The van der Waals surface area contributed by atoms with Gasteiger partial charge in [0.1, 0.15) is 0 Å². The van der Waals surface area contributed by atoms with Crippen LogP contribution in [0.3, 0.4) is 0 Å². The first kappa shape index (κ1) is 22.4. The second-order valence-corrected chi connectivity index (χ2v) is 8.03. The lowest BCUT2D eigenvalue weighted by Crippen LogP contribution is -2.60. The molecule has 0 aromatic heterocycles. The Morgan fingerprint density at radius 3 is 2.25 bits per heavy atom. The summed E-state index contributed by atoms with van der Waals surface area (Å²) in [4.78, 5) is 25.9. The summed E-state index contributed by atoms with van der Waals surface area (Å²) in [6, 6.07) is 3.70. The first-order chi connectivity index (χ1) is 13.4. The number of benzene rings is 1. The van der Waals surface area contributed by atoms with Crippen molar-refractivity contribution in [2.45, 2.75) is 72.8 Å². The van der Waals surface area contributed by atoms with Gasteiger partial charge in [-0.05, 0) is 70.6 Å².